The van der Waals surface area contributed by atoms with Gasteiger partial charge in [0, 0.05) is 15.7 Å². The van der Waals surface area contributed by atoms with Crippen LogP contribution in [0.3, 0.4) is 0 Å². The molecular formula is C15H12BrNO3. The van der Waals surface area contributed by atoms with Crippen molar-refractivity contribution < 1.29 is 14.3 Å². The van der Waals surface area contributed by atoms with Crippen molar-refractivity contribution in [3.63, 3.8) is 0 Å². The monoisotopic (exact) mass is 333 g/mol. The zero-order chi connectivity index (χ0) is 14.5. The summed E-state index contributed by atoms with van der Waals surface area (Å²) in [6, 6.07) is 11.9. The Morgan fingerprint density at radius 1 is 1.25 bits per heavy atom. The molecule has 2 rings (SSSR count). The molecule has 0 fully saturated rings. The van der Waals surface area contributed by atoms with Crippen LogP contribution < -0.4 is 10.1 Å². The van der Waals surface area contributed by atoms with Crippen LogP contribution in [0.2, 0.25) is 0 Å². The molecule has 1 N–H and O–H groups in total. The number of methoxy groups -OCH3 is 1. The number of benzene rings is 2. The second kappa shape index (κ2) is 6.34. The molecule has 0 bridgehead atoms. The van der Waals surface area contributed by atoms with E-state index < -0.39 is 0 Å². The third kappa shape index (κ3) is 3.24. The fourth-order valence-electron chi connectivity index (χ4n) is 1.69. The number of carbonyl (C=O) groups excluding carboxylic acids is 2. The van der Waals surface area contributed by atoms with E-state index in [1.165, 1.54) is 0 Å². The van der Waals surface area contributed by atoms with Crippen LogP contribution in [0.25, 0.3) is 0 Å². The fraction of sp³-hybridized carbons (Fsp3) is 0.0667. The summed E-state index contributed by atoms with van der Waals surface area (Å²) in [7, 11) is 1.54. The largest absolute Gasteiger partial charge is 0.497 e. The zero-order valence-electron chi connectivity index (χ0n) is 10.7. The summed E-state index contributed by atoms with van der Waals surface area (Å²) in [6.45, 7) is 0. The number of halogens is 1. The number of rotatable bonds is 4. The Labute approximate surface area is 124 Å². The molecule has 102 valence electrons. The summed E-state index contributed by atoms with van der Waals surface area (Å²) in [5.74, 6) is 0.318. The zero-order valence-corrected chi connectivity index (χ0v) is 12.3. The van der Waals surface area contributed by atoms with Gasteiger partial charge in [-0.05, 0) is 46.3 Å². The smallest absolute Gasteiger partial charge is 0.256 e. The Morgan fingerprint density at radius 2 is 2.05 bits per heavy atom. The number of anilines is 1. The molecule has 1 amide bonds. The van der Waals surface area contributed by atoms with Crippen LogP contribution in [0, 0.1) is 0 Å². The highest BCUT2D eigenvalue weighted by molar-refractivity contribution is 9.10. The maximum atomic E-state index is 12.2. The Bertz CT molecular complexity index is 655. The molecule has 2 aromatic rings. The molecule has 0 heterocycles. The summed E-state index contributed by atoms with van der Waals surface area (Å²) in [4.78, 5) is 22.9. The average Bonchev–Trinajstić information content (AvgIpc) is 2.47. The van der Waals surface area contributed by atoms with Crippen molar-refractivity contribution in [2.75, 3.05) is 12.4 Å². The number of carbonyl (C=O) groups is 2. The predicted molar refractivity (Wildman–Crippen MR) is 80.5 cm³/mol. The van der Waals surface area contributed by atoms with Gasteiger partial charge in [0.05, 0.1) is 12.7 Å². The third-order valence-corrected chi connectivity index (χ3v) is 3.39. The van der Waals surface area contributed by atoms with Gasteiger partial charge >= 0.3 is 0 Å². The van der Waals surface area contributed by atoms with Crippen LogP contribution in [0.1, 0.15) is 20.7 Å². The van der Waals surface area contributed by atoms with E-state index in [0.717, 1.165) is 6.29 Å². The van der Waals surface area contributed by atoms with Crippen LogP contribution in [0.5, 0.6) is 5.75 Å². The molecule has 4 nitrogen and oxygen atoms in total. The minimum atomic E-state index is -0.279. The lowest BCUT2D eigenvalue weighted by Crippen LogP contribution is -2.12. The number of amides is 1. The number of hydrogen-bond donors (Lipinski definition) is 1. The molecule has 0 aliphatic heterocycles. The predicted octanol–water partition coefficient (Wildman–Crippen LogP) is 3.52. The minimum absolute atomic E-state index is 0.279. The standard InChI is InChI=1S/C15H12BrNO3/c1-20-12-5-6-14(16)13(8-12)15(19)17-11-4-2-3-10(7-11)9-18/h2-9H,1H3,(H,17,19). The Hall–Kier alpha value is -2.14. The van der Waals surface area contributed by atoms with Crippen molar-refractivity contribution in [2.45, 2.75) is 0 Å². The Morgan fingerprint density at radius 3 is 2.75 bits per heavy atom. The third-order valence-electron chi connectivity index (χ3n) is 2.70. The average molecular weight is 334 g/mol. The van der Waals surface area contributed by atoms with Crippen molar-refractivity contribution in [3.05, 3.63) is 58.1 Å². The lowest BCUT2D eigenvalue weighted by Gasteiger charge is -2.09. The first kappa shape index (κ1) is 14.3. The van der Waals surface area contributed by atoms with Crippen LogP contribution >= 0.6 is 15.9 Å². The van der Waals surface area contributed by atoms with E-state index in [2.05, 4.69) is 21.2 Å². The molecule has 0 atom stereocenters. The van der Waals surface area contributed by atoms with Gasteiger partial charge in [0.1, 0.15) is 12.0 Å². The normalized spacial score (nSPS) is 9.90. The summed E-state index contributed by atoms with van der Waals surface area (Å²) in [5.41, 5.74) is 1.53. The van der Waals surface area contributed by atoms with E-state index >= 15 is 0 Å². The van der Waals surface area contributed by atoms with E-state index in [9.17, 15) is 9.59 Å². The van der Waals surface area contributed by atoms with Crippen molar-refractivity contribution in [1.82, 2.24) is 0 Å². The molecule has 0 saturated heterocycles. The van der Waals surface area contributed by atoms with E-state index in [4.69, 9.17) is 4.74 Å². The van der Waals surface area contributed by atoms with E-state index in [1.807, 2.05) is 0 Å². The van der Waals surface area contributed by atoms with E-state index in [0.29, 0.717) is 27.0 Å². The maximum Gasteiger partial charge on any atom is 0.256 e. The summed E-state index contributed by atoms with van der Waals surface area (Å²) < 4.78 is 5.77. The van der Waals surface area contributed by atoms with Crippen molar-refractivity contribution >= 4 is 33.8 Å². The Balaban J connectivity index is 2.25. The molecule has 0 aromatic heterocycles. The molecule has 0 saturated carbocycles. The quantitative estimate of drug-likeness (QED) is 0.871. The molecule has 2 aromatic carbocycles. The summed E-state index contributed by atoms with van der Waals surface area (Å²) in [5, 5.41) is 2.74. The second-order valence-electron chi connectivity index (χ2n) is 4.04. The van der Waals surface area contributed by atoms with E-state index in [1.54, 1.807) is 49.6 Å². The lowest BCUT2D eigenvalue weighted by atomic mass is 10.1. The van der Waals surface area contributed by atoms with Gasteiger partial charge in [-0.1, -0.05) is 12.1 Å². The van der Waals surface area contributed by atoms with Gasteiger partial charge in [0.15, 0.2) is 0 Å². The van der Waals surface area contributed by atoms with Gasteiger partial charge < -0.3 is 10.1 Å². The molecule has 0 unspecified atom stereocenters. The van der Waals surface area contributed by atoms with Crippen LogP contribution in [-0.4, -0.2) is 19.3 Å². The topological polar surface area (TPSA) is 55.4 Å². The van der Waals surface area contributed by atoms with E-state index in [-0.39, 0.29) is 5.91 Å². The highest BCUT2D eigenvalue weighted by atomic mass is 79.9. The summed E-state index contributed by atoms with van der Waals surface area (Å²) in [6.07, 6.45) is 0.733. The van der Waals surface area contributed by atoms with Crippen LogP contribution in [0.4, 0.5) is 5.69 Å². The lowest BCUT2D eigenvalue weighted by molar-refractivity contribution is 0.102. The molecule has 0 radical (unpaired) electrons. The summed E-state index contributed by atoms with van der Waals surface area (Å²) >= 11 is 3.33. The molecule has 5 heteroatoms. The first-order valence-electron chi connectivity index (χ1n) is 5.84. The first-order chi connectivity index (χ1) is 9.63. The maximum absolute atomic E-state index is 12.2. The molecule has 20 heavy (non-hydrogen) atoms. The highest BCUT2D eigenvalue weighted by Crippen LogP contribution is 2.23. The number of hydrogen-bond acceptors (Lipinski definition) is 3. The number of ether oxygens (including phenoxy) is 1. The van der Waals surface area contributed by atoms with Gasteiger partial charge in [-0.3, -0.25) is 9.59 Å². The number of aldehydes is 1. The van der Waals surface area contributed by atoms with Gasteiger partial charge in [0.2, 0.25) is 0 Å². The Kier molecular flexibility index (Phi) is 4.53. The second-order valence-corrected chi connectivity index (χ2v) is 4.90. The SMILES string of the molecule is COc1ccc(Br)c(C(=O)Nc2cccc(C=O)c2)c1. The van der Waals surface area contributed by atoms with Crippen molar-refractivity contribution in [1.29, 1.82) is 0 Å². The van der Waals surface area contributed by atoms with Crippen molar-refractivity contribution in [3.8, 4) is 5.75 Å². The van der Waals surface area contributed by atoms with Crippen LogP contribution in [0.15, 0.2) is 46.9 Å². The molecular weight excluding hydrogens is 322 g/mol. The van der Waals surface area contributed by atoms with Gasteiger partial charge in [0.25, 0.3) is 5.91 Å². The van der Waals surface area contributed by atoms with Crippen LogP contribution in [-0.2, 0) is 0 Å². The first-order valence-corrected chi connectivity index (χ1v) is 6.63. The molecule has 0 aliphatic carbocycles. The van der Waals surface area contributed by atoms with Gasteiger partial charge in [-0.2, -0.15) is 0 Å². The molecule has 0 aliphatic rings. The van der Waals surface area contributed by atoms with Gasteiger partial charge in [-0.25, -0.2) is 0 Å². The highest BCUT2D eigenvalue weighted by Gasteiger charge is 2.11. The fourth-order valence-corrected chi connectivity index (χ4v) is 2.12. The molecule has 0 spiro atoms. The number of nitrogens with one attached hydrogen (secondary N) is 1. The van der Waals surface area contributed by atoms with Gasteiger partial charge in [-0.15, -0.1) is 0 Å². The minimum Gasteiger partial charge on any atom is -0.497 e. The van der Waals surface area contributed by atoms with Crippen molar-refractivity contribution in [2.24, 2.45) is 0 Å².